The lowest BCUT2D eigenvalue weighted by molar-refractivity contribution is 0.0703. The number of sulfone groups is 1. The first kappa shape index (κ1) is 17.7. The lowest BCUT2D eigenvalue weighted by Crippen LogP contribution is -2.39. The second-order valence-corrected chi connectivity index (χ2v) is 10.2. The second-order valence-electron chi connectivity index (χ2n) is 7.20. The summed E-state index contributed by atoms with van der Waals surface area (Å²) in [5, 5.41) is 4.06. The van der Waals surface area contributed by atoms with Crippen molar-refractivity contribution in [3.05, 3.63) is 28.8 Å². The Morgan fingerprint density at radius 3 is 2.77 bits per heavy atom. The van der Waals surface area contributed by atoms with Gasteiger partial charge in [0.1, 0.15) is 11.5 Å². The van der Waals surface area contributed by atoms with E-state index in [2.05, 4.69) is 9.59 Å². The summed E-state index contributed by atoms with van der Waals surface area (Å²) in [5.74, 6) is 1.87. The molecule has 0 spiro atoms. The minimum absolute atomic E-state index is 0.0491. The van der Waals surface area contributed by atoms with Crippen LogP contribution in [0, 0.1) is 6.92 Å². The van der Waals surface area contributed by atoms with Crippen LogP contribution in [-0.2, 0) is 9.84 Å². The zero-order valence-corrected chi connectivity index (χ0v) is 16.4. The topological polar surface area (TPSA) is 93.4 Å². The van der Waals surface area contributed by atoms with Crippen molar-refractivity contribution in [2.45, 2.75) is 48.7 Å². The second kappa shape index (κ2) is 6.45. The van der Waals surface area contributed by atoms with Crippen LogP contribution in [0.15, 0.2) is 14.7 Å². The molecule has 0 unspecified atom stereocenters. The van der Waals surface area contributed by atoms with E-state index < -0.39 is 9.84 Å². The number of likely N-dealkylation sites (tertiary alicyclic amines) is 1. The average Bonchev–Trinajstić information content (AvgIpc) is 3.18. The number of hydrogen-bond donors (Lipinski definition) is 0. The van der Waals surface area contributed by atoms with Gasteiger partial charge in [0, 0.05) is 42.7 Å². The molecular formula is C17H21N3O4S2. The molecule has 26 heavy (non-hydrogen) atoms. The SMILES string of the molecule is Cc1oc(C2CC2)cc1C(=O)N1CCC[C@H](c2nnsc2S(C)(=O)=O)C1. The van der Waals surface area contributed by atoms with E-state index >= 15 is 0 Å². The van der Waals surface area contributed by atoms with Gasteiger partial charge in [0.25, 0.3) is 5.91 Å². The molecule has 140 valence electrons. The predicted molar refractivity (Wildman–Crippen MR) is 96.3 cm³/mol. The van der Waals surface area contributed by atoms with Crippen LogP contribution in [0.1, 0.15) is 65.1 Å². The number of piperidine rings is 1. The summed E-state index contributed by atoms with van der Waals surface area (Å²) in [5.41, 5.74) is 1.12. The highest BCUT2D eigenvalue weighted by Crippen LogP contribution is 2.42. The van der Waals surface area contributed by atoms with Crippen molar-refractivity contribution in [1.82, 2.24) is 14.5 Å². The minimum Gasteiger partial charge on any atom is -0.465 e. The van der Waals surface area contributed by atoms with E-state index in [0.717, 1.165) is 43.0 Å². The molecule has 9 heteroatoms. The summed E-state index contributed by atoms with van der Waals surface area (Å²) in [4.78, 5) is 14.8. The largest absolute Gasteiger partial charge is 0.465 e. The fourth-order valence-electron chi connectivity index (χ4n) is 3.54. The van der Waals surface area contributed by atoms with Crippen LogP contribution in [0.5, 0.6) is 0 Å². The van der Waals surface area contributed by atoms with E-state index in [0.29, 0.717) is 36.0 Å². The first-order chi connectivity index (χ1) is 12.3. The van der Waals surface area contributed by atoms with E-state index in [-0.39, 0.29) is 16.0 Å². The van der Waals surface area contributed by atoms with Gasteiger partial charge in [0.05, 0.1) is 11.3 Å². The molecule has 4 rings (SSSR count). The van der Waals surface area contributed by atoms with Gasteiger partial charge in [-0.15, -0.1) is 5.10 Å². The molecular weight excluding hydrogens is 374 g/mol. The van der Waals surface area contributed by atoms with Crippen molar-refractivity contribution in [2.75, 3.05) is 19.3 Å². The Hall–Kier alpha value is -1.74. The van der Waals surface area contributed by atoms with E-state index in [1.54, 1.807) is 4.90 Å². The Bertz CT molecular complexity index is 943. The van der Waals surface area contributed by atoms with Crippen molar-refractivity contribution in [3.63, 3.8) is 0 Å². The third-order valence-corrected chi connectivity index (χ3v) is 7.61. The molecule has 0 radical (unpaired) electrons. The van der Waals surface area contributed by atoms with Crippen LogP contribution in [0.4, 0.5) is 0 Å². The molecule has 1 saturated heterocycles. The van der Waals surface area contributed by atoms with Crippen molar-refractivity contribution >= 4 is 27.3 Å². The summed E-state index contributed by atoms with van der Waals surface area (Å²) in [6.45, 7) is 2.94. The van der Waals surface area contributed by atoms with Crippen molar-refractivity contribution in [1.29, 1.82) is 0 Å². The number of amides is 1. The van der Waals surface area contributed by atoms with Crippen LogP contribution < -0.4 is 0 Å². The molecule has 0 aromatic carbocycles. The maximum atomic E-state index is 13.0. The molecule has 1 aliphatic carbocycles. The van der Waals surface area contributed by atoms with Gasteiger partial charge < -0.3 is 9.32 Å². The lowest BCUT2D eigenvalue weighted by atomic mass is 9.95. The maximum absolute atomic E-state index is 13.0. The number of aromatic nitrogens is 2. The zero-order valence-electron chi connectivity index (χ0n) is 14.8. The Morgan fingerprint density at radius 1 is 1.31 bits per heavy atom. The number of carbonyl (C=O) groups excluding carboxylic acids is 1. The van der Waals surface area contributed by atoms with Crippen LogP contribution in [0.3, 0.4) is 0 Å². The predicted octanol–water partition coefficient (Wildman–Crippen LogP) is 2.74. The molecule has 1 aliphatic heterocycles. The summed E-state index contributed by atoms with van der Waals surface area (Å²) in [6, 6.07) is 1.88. The molecule has 3 heterocycles. The van der Waals surface area contributed by atoms with Crippen molar-refractivity contribution in [3.8, 4) is 0 Å². The fraction of sp³-hybridized carbons (Fsp3) is 0.588. The number of nitrogens with zero attached hydrogens (tertiary/aromatic N) is 3. The number of aryl methyl sites for hydroxylation is 1. The van der Waals surface area contributed by atoms with Gasteiger partial charge in [-0.25, -0.2) is 8.42 Å². The monoisotopic (exact) mass is 395 g/mol. The summed E-state index contributed by atoms with van der Waals surface area (Å²) in [7, 11) is -3.36. The fourth-order valence-corrected chi connectivity index (χ4v) is 5.27. The molecule has 0 bridgehead atoms. The Balaban J connectivity index is 1.55. The molecule has 2 aliphatic rings. The van der Waals surface area contributed by atoms with E-state index in [1.165, 1.54) is 6.26 Å². The third kappa shape index (κ3) is 3.29. The standard InChI is InChI=1S/C17H21N3O4S2/c1-10-13(8-14(24-10)11-5-6-11)16(21)20-7-3-4-12(9-20)15-17(25-19-18-15)26(2,22)23/h8,11-12H,3-7,9H2,1-2H3/t12-/m0/s1. The van der Waals surface area contributed by atoms with Gasteiger partial charge >= 0.3 is 0 Å². The van der Waals surface area contributed by atoms with Gasteiger partial charge in [0.15, 0.2) is 14.0 Å². The first-order valence-corrected chi connectivity index (χ1v) is 11.4. The quantitative estimate of drug-likeness (QED) is 0.790. The van der Waals surface area contributed by atoms with Gasteiger partial charge in [-0.1, -0.05) is 4.49 Å². The highest BCUT2D eigenvalue weighted by atomic mass is 32.2. The molecule has 1 amide bonds. The average molecular weight is 396 g/mol. The van der Waals surface area contributed by atoms with Gasteiger partial charge in [-0.2, -0.15) is 0 Å². The van der Waals surface area contributed by atoms with Crippen molar-refractivity contribution in [2.24, 2.45) is 0 Å². The van der Waals surface area contributed by atoms with E-state index in [9.17, 15) is 13.2 Å². The molecule has 1 atom stereocenters. The lowest BCUT2D eigenvalue weighted by Gasteiger charge is -2.32. The molecule has 1 saturated carbocycles. The van der Waals surface area contributed by atoms with Gasteiger partial charge in [0.2, 0.25) is 0 Å². The van der Waals surface area contributed by atoms with Crippen LogP contribution >= 0.6 is 11.5 Å². The summed E-state index contributed by atoms with van der Waals surface area (Å²) in [6.07, 6.45) is 5.03. The maximum Gasteiger partial charge on any atom is 0.257 e. The van der Waals surface area contributed by atoms with Gasteiger partial charge in [-0.3, -0.25) is 4.79 Å². The highest BCUT2D eigenvalue weighted by Gasteiger charge is 2.34. The molecule has 2 aromatic rings. The van der Waals surface area contributed by atoms with Crippen molar-refractivity contribution < 1.29 is 17.6 Å². The zero-order chi connectivity index (χ0) is 18.5. The number of hydrogen-bond acceptors (Lipinski definition) is 7. The third-order valence-electron chi connectivity index (χ3n) is 5.06. The Labute approximate surface area is 156 Å². The van der Waals surface area contributed by atoms with E-state index in [1.807, 2.05) is 13.0 Å². The normalized spacial score (nSPS) is 21.2. The van der Waals surface area contributed by atoms with Gasteiger partial charge in [-0.05, 0) is 38.7 Å². The number of carbonyl (C=O) groups is 1. The van der Waals surface area contributed by atoms with Crippen LogP contribution in [0.2, 0.25) is 0 Å². The Morgan fingerprint density at radius 2 is 2.08 bits per heavy atom. The molecule has 0 N–H and O–H groups in total. The number of rotatable bonds is 4. The smallest absolute Gasteiger partial charge is 0.257 e. The van der Waals surface area contributed by atoms with Crippen LogP contribution in [0.25, 0.3) is 0 Å². The Kier molecular flexibility index (Phi) is 4.38. The first-order valence-electron chi connectivity index (χ1n) is 8.76. The van der Waals surface area contributed by atoms with E-state index in [4.69, 9.17) is 4.42 Å². The summed E-state index contributed by atoms with van der Waals surface area (Å²) >= 11 is 0.905. The van der Waals surface area contributed by atoms with Crippen LogP contribution in [-0.4, -0.2) is 48.2 Å². The number of furan rings is 1. The molecule has 7 nitrogen and oxygen atoms in total. The minimum atomic E-state index is -3.36. The molecule has 2 fully saturated rings. The molecule has 2 aromatic heterocycles. The highest BCUT2D eigenvalue weighted by molar-refractivity contribution is 7.92. The summed E-state index contributed by atoms with van der Waals surface area (Å²) < 4.78 is 33.7.